The predicted octanol–water partition coefficient (Wildman–Crippen LogP) is 2.96. The average Bonchev–Trinajstić information content (AvgIpc) is 2.98. The molecule has 3 aromatic rings. The summed E-state index contributed by atoms with van der Waals surface area (Å²) in [7, 11) is 3.79. The van der Waals surface area contributed by atoms with Crippen LogP contribution in [0.1, 0.15) is 22.6 Å². The number of hydrogen-bond acceptors (Lipinski definition) is 2. The molecular weight excluding hydrogens is 300 g/mol. The first-order chi connectivity index (χ1) is 11.4. The van der Waals surface area contributed by atoms with E-state index in [1.807, 2.05) is 51.7 Å². The Kier molecular flexibility index (Phi) is 4.18. The van der Waals surface area contributed by atoms with E-state index in [0.29, 0.717) is 13.1 Å². The number of hydrogen-bond donors (Lipinski definition) is 0. The molecular formula is C19H24N4O. The summed E-state index contributed by atoms with van der Waals surface area (Å²) >= 11 is 0. The van der Waals surface area contributed by atoms with Crippen molar-refractivity contribution in [1.29, 1.82) is 0 Å². The summed E-state index contributed by atoms with van der Waals surface area (Å²) in [4.78, 5) is 14.5. The molecule has 0 saturated heterocycles. The Balaban J connectivity index is 1.80. The SMILES string of the molecule is Cc1nn(C)c(C)c1CN(C)C(=O)Cn1c(C)cc2ccccc21. The second kappa shape index (κ2) is 6.15. The van der Waals surface area contributed by atoms with Crippen molar-refractivity contribution in [2.45, 2.75) is 33.9 Å². The van der Waals surface area contributed by atoms with Gasteiger partial charge < -0.3 is 9.47 Å². The molecule has 24 heavy (non-hydrogen) atoms. The van der Waals surface area contributed by atoms with E-state index in [4.69, 9.17) is 0 Å². The van der Waals surface area contributed by atoms with E-state index < -0.39 is 0 Å². The minimum atomic E-state index is 0.0992. The van der Waals surface area contributed by atoms with Gasteiger partial charge >= 0.3 is 0 Å². The number of para-hydroxylation sites is 1. The van der Waals surface area contributed by atoms with Crippen LogP contribution < -0.4 is 0 Å². The molecule has 3 rings (SSSR count). The molecule has 126 valence electrons. The first-order valence-corrected chi connectivity index (χ1v) is 8.16. The Morgan fingerprint density at radius 1 is 1.21 bits per heavy atom. The molecule has 2 heterocycles. The molecule has 1 amide bonds. The molecule has 0 aliphatic rings. The molecule has 1 aromatic carbocycles. The standard InChI is InChI=1S/C19H24N4O/c1-13-10-16-8-6-7-9-18(16)23(13)12-19(24)21(4)11-17-14(2)20-22(5)15(17)3/h6-10H,11-12H2,1-5H3. The average molecular weight is 324 g/mol. The second-order valence-electron chi connectivity index (χ2n) is 6.45. The number of rotatable bonds is 4. The lowest BCUT2D eigenvalue weighted by molar-refractivity contribution is -0.131. The van der Waals surface area contributed by atoms with Crippen LogP contribution in [0.25, 0.3) is 10.9 Å². The van der Waals surface area contributed by atoms with E-state index in [0.717, 1.165) is 28.2 Å². The fraction of sp³-hybridized carbons (Fsp3) is 0.368. The molecule has 0 unspecified atom stereocenters. The molecule has 0 spiro atoms. The maximum atomic E-state index is 12.7. The third-order valence-corrected chi connectivity index (χ3v) is 4.79. The zero-order chi connectivity index (χ0) is 17.4. The number of aryl methyl sites for hydroxylation is 3. The number of fused-ring (bicyclic) bond motifs is 1. The smallest absolute Gasteiger partial charge is 0.242 e. The van der Waals surface area contributed by atoms with Crippen molar-refractivity contribution in [2.24, 2.45) is 7.05 Å². The van der Waals surface area contributed by atoms with E-state index >= 15 is 0 Å². The molecule has 2 aromatic heterocycles. The van der Waals surface area contributed by atoms with Crippen LogP contribution in [-0.4, -0.2) is 32.2 Å². The highest BCUT2D eigenvalue weighted by atomic mass is 16.2. The highest BCUT2D eigenvalue weighted by Gasteiger charge is 2.17. The molecule has 0 aliphatic heterocycles. The molecule has 5 heteroatoms. The van der Waals surface area contributed by atoms with Crippen molar-refractivity contribution in [1.82, 2.24) is 19.2 Å². The Morgan fingerprint density at radius 2 is 1.92 bits per heavy atom. The number of carbonyl (C=O) groups excluding carboxylic acids is 1. The Morgan fingerprint density at radius 3 is 2.58 bits per heavy atom. The molecule has 0 fully saturated rings. The molecule has 0 N–H and O–H groups in total. The van der Waals surface area contributed by atoms with Gasteiger partial charge in [-0.05, 0) is 38.3 Å². The summed E-state index contributed by atoms with van der Waals surface area (Å²) in [6.07, 6.45) is 0. The number of nitrogens with zero attached hydrogens (tertiary/aromatic N) is 4. The maximum absolute atomic E-state index is 12.7. The monoisotopic (exact) mass is 324 g/mol. The van der Waals surface area contributed by atoms with Gasteiger partial charge in [-0.1, -0.05) is 18.2 Å². The van der Waals surface area contributed by atoms with Crippen LogP contribution in [0.4, 0.5) is 0 Å². The molecule has 0 bridgehead atoms. The largest absolute Gasteiger partial charge is 0.340 e. The maximum Gasteiger partial charge on any atom is 0.242 e. The van der Waals surface area contributed by atoms with Crippen molar-refractivity contribution in [3.05, 3.63) is 53.0 Å². The van der Waals surface area contributed by atoms with E-state index in [-0.39, 0.29) is 5.91 Å². The Hall–Kier alpha value is -2.56. The van der Waals surface area contributed by atoms with Gasteiger partial charge in [-0.25, -0.2) is 0 Å². The summed E-state index contributed by atoms with van der Waals surface area (Å²) in [5.41, 5.74) is 5.42. The third kappa shape index (κ3) is 2.82. The van der Waals surface area contributed by atoms with Gasteiger partial charge in [0.15, 0.2) is 0 Å². The first kappa shape index (κ1) is 16.3. The number of carbonyl (C=O) groups is 1. The van der Waals surface area contributed by atoms with Crippen molar-refractivity contribution in [3.63, 3.8) is 0 Å². The van der Waals surface area contributed by atoms with E-state index in [9.17, 15) is 4.79 Å². The minimum Gasteiger partial charge on any atom is -0.340 e. The Bertz CT molecular complexity index is 904. The van der Waals surface area contributed by atoms with Crippen LogP contribution in [0.3, 0.4) is 0 Å². The zero-order valence-electron chi connectivity index (χ0n) is 15.0. The lowest BCUT2D eigenvalue weighted by Gasteiger charge is -2.19. The van der Waals surface area contributed by atoms with Crippen molar-refractivity contribution >= 4 is 16.8 Å². The van der Waals surface area contributed by atoms with Crippen LogP contribution in [0, 0.1) is 20.8 Å². The van der Waals surface area contributed by atoms with Crippen LogP contribution in [0.2, 0.25) is 0 Å². The van der Waals surface area contributed by atoms with Gasteiger partial charge in [0.25, 0.3) is 0 Å². The van der Waals surface area contributed by atoms with E-state index in [1.54, 1.807) is 4.90 Å². The molecule has 0 aliphatic carbocycles. The van der Waals surface area contributed by atoms with Gasteiger partial charge in [-0.2, -0.15) is 5.10 Å². The fourth-order valence-electron chi connectivity index (χ4n) is 3.19. The summed E-state index contributed by atoms with van der Waals surface area (Å²) in [6.45, 7) is 7.01. The van der Waals surface area contributed by atoms with Crippen molar-refractivity contribution in [2.75, 3.05) is 7.05 Å². The van der Waals surface area contributed by atoms with Gasteiger partial charge in [0.1, 0.15) is 6.54 Å². The van der Waals surface area contributed by atoms with Gasteiger partial charge in [-0.15, -0.1) is 0 Å². The van der Waals surface area contributed by atoms with Gasteiger partial charge in [-0.3, -0.25) is 9.48 Å². The van der Waals surface area contributed by atoms with E-state index in [2.05, 4.69) is 27.9 Å². The third-order valence-electron chi connectivity index (χ3n) is 4.79. The number of likely N-dealkylation sites (N-methyl/N-ethyl adjacent to an activating group) is 1. The lowest BCUT2D eigenvalue weighted by Crippen LogP contribution is -2.30. The second-order valence-corrected chi connectivity index (χ2v) is 6.45. The molecule has 0 saturated carbocycles. The van der Waals surface area contributed by atoms with Crippen LogP contribution >= 0.6 is 0 Å². The quantitative estimate of drug-likeness (QED) is 0.740. The predicted molar refractivity (Wildman–Crippen MR) is 95.8 cm³/mol. The van der Waals surface area contributed by atoms with Crippen molar-refractivity contribution in [3.8, 4) is 0 Å². The first-order valence-electron chi connectivity index (χ1n) is 8.16. The van der Waals surface area contributed by atoms with Gasteiger partial charge in [0.05, 0.1) is 5.69 Å². The molecule has 0 radical (unpaired) electrons. The molecule has 0 atom stereocenters. The summed E-state index contributed by atoms with van der Waals surface area (Å²) in [6, 6.07) is 10.3. The van der Waals surface area contributed by atoms with Gasteiger partial charge in [0, 0.05) is 43.1 Å². The minimum absolute atomic E-state index is 0.0992. The highest BCUT2D eigenvalue weighted by molar-refractivity contribution is 5.84. The highest BCUT2D eigenvalue weighted by Crippen LogP contribution is 2.20. The number of benzene rings is 1. The number of aromatic nitrogens is 3. The number of amides is 1. The van der Waals surface area contributed by atoms with Crippen LogP contribution in [0.5, 0.6) is 0 Å². The van der Waals surface area contributed by atoms with E-state index in [1.165, 1.54) is 5.39 Å². The Labute approximate surface area is 142 Å². The van der Waals surface area contributed by atoms with Crippen LogP contribution in [0.15, 0.2) is 30.3 Å². The summed E-state index contributed by atoms with van der Waals surface area (Å²) < 4.78 is 3.95. The normalized spacial score (nSPS) is 11.2. The van der Waals surface area contributed by atoms with Gasteiger partial charge in [0.2, 0.25) is 5.91 Å². The molecule has 5 nitrogen and oxygen atoms in total. The fourth-order valence-corrected chi connectivity index (χ4v) is 3.19. The topological polar surface area (TPSA) is 43.1 Å². The van der Waals surface area contributed by atoms with Crippen molar-refractivity contribution < 1.29 is 4.79 Å². The summed E-state index contributed by atoms with van der Waals surface area (Å²) in [5.74, 6) is 0.0992. The zero-order valence-corrected chi connectivity index (χ0v) is 15.0. The lowest BCUT2D eigenvalue weighted by atomic mass is 10.2. The van der Waals surface area contributed by atoms with Crippen LogP contribution in [-0.2, 0) is 24.9 Å². The summed E-state index contributed by atoms with van der Waals surface area (Å²) in [5, 5.41) is 5.60.